The molecule has 25 heavy (non-hydrogen) atoms. The van der Waals surface area contributed by atoms with Crippen molar-refractivity contribution in [2.75, 3.05) is 31.2 Å². The van der Waals surface area contributed by atoms with E-state index in [-0.39, 0.29) is 17.9 Å². The largest absolute Gasteiger partial charge is 0.356 e. The van der Waals surface area contributed by atoms with Crippen molar-refractivity contribution < 1.29 is 9.18 Å². The molecule has 2 aliphatic heterocycles. The molecule has 2 aromatic rings. The molecule has 0 spiro atoms. The first-order valence-corrected chi connectivity index (χ1v) is 8.85. The summed E-state index contributed by atoms with van der Waals surface area (Å²) in [5, 5.41) is 4.32. The summed E-state index contributed by atoms with van der Waals surface area (Å²) in [6.45, 7) is 5.89. The fraction of sp³-hybridized carbons (Fsp3) is 0.647. The minimum absolute atomic E-state index is 0.107. The number of alkyl halides is 1. The number of amides is 1. The Kier molecular flexibility index (Phi) is 4.05. The smallest absolute Gasteiger partial charge is 0.254 e. The Morgan fingerprint density at radius 1 is 1.28 bits per heavy atom. The molecule has 2 fully saturated rings. The van der Waals surface area contributed by atoms with Crippen LogP contribution in [0.3, 0.4) is 0 Å². The van der Waals surface area contributed by atoms with Crippen LogP contribution >= 0.6 is 0 Å². The van der Waals surface area contributed by atoms with E-state index >= 15 is 0 Å². The summed E-state index contributed by atoms with van der Waals surface area (Å²) < 4.78 is 14.7. The van der Waals surface area contributed by atoms with E-state index in [9.17, 15) is 9.18 Å². The van der Waals surface area contributed by atoms with Crippen molar-refractivity contribution in [1.82, 2.24) is 24.5 Å². The standard InChI is InChI=1S/C17H23FN6O/c1-11-12(2)21-17-19-10-20-24(17)16(11)22-5-3-14(4-6-22)23-9-13(8-18)7-15(23)25/h10,13-14H,3-9H2,1-2H3. The summed E-state index contributed by atoms with van der Waals surface area (Å²) >= 11 is 0. The van der Waals surface area contributed by atoms with E-state index in [1.807, 2.05) is 11.8 Å². The number of hydrogen-bond acceptors (Lipinski definition) is 5. The Morgan fingerprint density at radius 3 is 2.72 bits per heavy atom. The van der Waals surface area contributed by atoms with Gasteiger partial charge in [0.2, 0.25) is 5.91 Å². The molecule has 4 rings (SSSR count). The fourth-order valence-electron chi connectivity index (χ4n) is 4.04. The average Bonchev–Trinajstić information content (AvgIpc) is 3.22. The summed E-state index contributed by atoms with van der Waals surface area (Å²) in [5.74, 6) is 1.63. The summed E-state index contributed by atoms with van der Waals surface area (Å²) in [6.07, 6.45) is 3.67. The normalized spacial score (nSPS) is 22.4. The highest BCUT2D eigenvalue weighted by atomic mass is 19.1. The number of carbonyl (C=O) groups excluding carboxylic acids is 1. The number of likely N-dealkylation sites (tertiary alicyclic amines) is 1. The third-order valence-electron chi connectivity index (χ3n) is 5.54. The van der Waals surface area contributed by atoms with Gasteiger partial charge < -0.3 is 9.80 Å². The molecule has 1 unspecified atom stereocenters. The number of rotatable bonds is 3. The molecule has 7 nitrogen and oxygen atoms in total. The van der Waals surface area contributed by atoms with Crippen LogP contribution in [0, 0.1) is 19.8 Å². The Morgan fingerprint density at radius 2 is 2.04 bits per heavy atom. The van der Waals surface area contributed by atoms with Gasteiger partial charge in [0.05, 0.1) is 6.67 Å². The van der Waals surface area contributed by atoms with E-state index < -0.39 is 6.67 Å². The molecule has 2 saturated heterocycles. The highest BCUT2D eigenvalue weighted by molar-refractivity contribution is 5.79. The fourth-order valence-corrected chi connectivity index (χ4v) is 4.04. The van der Waals surface area contributed by atoms with Crippen molar-refractivity contribution in [3.05, 3.63) is 17.6 Å². The molecule has 8 heteroatoms. The number of fused-ring (bicyclic) bond motifs is 1. The second-order valence-electron chi connectivity index (χ2n) is 7.11. The molecule has 0 radical (unpaired) electrons. The number of aryl methyl sites for hydroxylation is 1. The van der Waals surface area contributed by atoms with E-state index in [4.69, 9.17) is 0 Å². The Hall–Kier alpha value is -2.25. The maximum Gasteiger partial charge on any atom is 0.254 e. The Balaban J connectivity index is 1.52. The van der Waals surface area contributed by atoms with Gasteiger partial charge in [0.15, 0.2) is 0 Å². The van der Waals surface area contributed by atoms with Crippen molar-refractivity contribution in [3.8, 4) is 0 Å². The second-order valence-corrected chi connectivity index (χ2v) is 7.11. The lowest BCUT2D eigenvalue weighted by atomic mass is 10.0. The van der Waals surface area contributed by atoms with E-state index in [0.29, 0.717) is 18.7 Å². The summed E-state index contributed by atoms with van der Waals surface area (Å²) in [4.78, 5) is 25.0. The van der Waals surface area contributed by atoms with Gasteiger partial charge >= 0.3 is 0 Å². The molecular formula is C17H23FN6O. The third-order valence-corrected chi connectivity index (χ3v) is 5.54. The zero-order valence-corrected chi connectivity index (χ0v) is 14.7. The van der Waals surface area contributed by atoms with Crippen LogP contribution in [0.2, 0.25) is 0 Å². The van der Waals surface area contributed by atoms with Gasteiger partial charge in [0, 0.05) is 49.3 Å². The van der Waals surface area contributed by atoms with Crippen molar-refractivity contribution in [2.24, 2.45) is 5.92 Å². The Bertz CT molecular complexity index is 798. The van der Waals surface area contributed by atoms with Gasteiger partial charge in [-0.1, -0.05) is 0 Å². The zero-order valence-electron chi connectivity index (χ0n) is 14.7. The van der Waals surface area contributed by atoms with Crippen LogP contribution in [-0.4, -0.2) is 62.7 Å². The lowest BCUT2D eigenvalue weighted by molar-refractivity contribution is -0.130. The van der Waals surface area contributed by atoms with Gasteiger partial charge in [-0.05, 0) is 26.7 Å². The van der Waals surface area contributed by atoms with Crippen molar-refractivity contribution in [3.63, 3.8) is 0 Å². The van der Waals surface area contributed by atoms with Crippen LogP contribution in [-0.2, 0) is 4.79 Å². The minimum atomic E-state index is -0.402. The number of piperidine rings is 1. The SMILES string of the molecule is Cc1nc2ncnn2c(N2CCC(N3CC(CF)CC3=O)CC2)c1C. The molecule has 0 saturated carbocycles. The lowest BCUT2D eigenvalue weighted by Gasteiger charge is -2.38. The topological polar surface area (TPSA) is 66.6 Å². The minimum Gasteiger partial charge on any atom is -0.356 e. The van der Waals surface area contributed by atoms with Gasteiger partial charge in [-0.2, -0.15) is 14.6 Å². The number of aromatic nitrogens is 4. The quantitative estimate of drug-likeness (QED) is 0.843. The van der Waals surface area contributed by atoms with Gasteiger partial charge in [-0.3, -0.25) is 9.18 Å². The molecular weight excluding hydrogens is 323 g/mol. The summed E-state index contributed by atoms with van der Waals surface area (Å²) in [6, 6.07) is 0.217. The van der Waals surface area contributed by atoms with Gasteiger partial charge in [-0.15, -0.1) is 0 Å². The lowest BCUT2D eigenvalue weighted by Crippen LogP contribution is -2.46. The molecule has 4 heterocycles. The zero-order chi connectivity index (χ0) is 17.6. The number of nitrogens with zero attached hydrogens (tertiary/aromatic N) is 6. The predicted octanol–water partition coefficient (Wildman–Crippen LogP) is 1.53. The third kappa shape index (κ3) is 2.73. The van der Waals surface area contributed by atoms with Crippen molar-refractivity contribution >= 4 is 17.5 Å². The number of anilines is 1. The molecule has 0 bridgehead atoms. The number of halogens is 1. The van der Waals surface area contributed by atoms with Crippen LogP contribution in [0.25, 0.3) is 5.78 Å². The van der Waals surface area contributed by atoms with Crippen LogP contribution in [0.5, 0.6) is 0 Å². The van der Waals surface area contributed by atoms with E-state index in [1.165, 1.54) is 6.33 Å². The van der Waals surface area contributed by atoms with Crippen molar-refractivity contribution in [1.29, 1.82) is 0 Å². The maximum absolute atomic E-state index is 12.9. The van der Waals surface area contributed by atoms with Gasteiger partial charge in [0.1, 0.15) is 12.1 Å². The molecule has 1 amide bonds. The number of hydrogen-bond donors (Lipinski definition) is 0. The average molecular weight is 346 g/mol. The van der Waals surface area contributed by atoms with E-state index in [0.717, 1.165) is 43.0 Å². The summed E-state index contributed by atoms with van der Waals surface area (Å²) in [5.41, 5.74) is 2.06. The maximum atomic E-state index is 12.9. The van der Waals surface area contributed by atoms with Crippen molar-refractivity contribution in [2.45, 2.75) is 39.2 Å². The molecule has 2 aliphatic rings. The Labute approximate surface area is 145 Å². The monoisotopic (exact) mass is 346 g/mol. The highest BCUT2D eigenvalue weighted by Crippen LogP contribution is 2.29. The van der Waals surface area contributed by atoms with Crippen LogP contribution in [0.1, 0.15) is 30.5 Å². The van der Waals surface area contributed by atoms with Gasteiger partial charge in [0.25, 0.3) is 5.78 Å². The van der Waals surface area contributed by atoms with Gasteiger partial charge in [-0.25, -0.2) is 4.98 Å². The second kappa shape index (κ2) is 6.24. The first-order valence-electron chi connectivity index (χ1n) is 8.85. The molecule has 1 atom stereocenters. The number of carbonyl (C=O) groups is 1. The molecule has 134 valence electrons. The predicted molar refractivity (Wildman–Crippen MR) is 91.3 cm³/mol. The van der Waals surface area contributed by atoms with Crippen LogP contribution < -0.4 is 4.90 Å². The first-order chi connectivity index (χ1) is 12.1. The molecule has 0 aliphatic carbocycles. The van der Waals surface area contributed by atoms with Crippen LogP contribution in [0.4, 0.5) is 10.2 Å². The molecule has 0 N–H and O–H groups in total. The van der Waals surface area contributed by atoms with E-state index in [2.05, 4.69) is 26.9 Å². The highest BCUT2D eigenvalue weighted by Gasteiger charge is 2.36. The van der Waals surface area contributed by atoms with Crippen LogP contribution in [0.15, 0.2) is 6.33 Å². The molecule has 0 aromatic carbocycles. The molecule has 2 aromatic heterocycles. The first kappa shape index (κ1) is 16.2. The summed E-state index contributed by atoms with van der Waals surface area (Å²) in [7, 11) is 0. The van der Waals surface area contributed by atoms with E-state index in [1.54, 1.807) is 4.52 Å².